The normalized spacial score (nSPS) is 11.2. The molecule has 3 N–H and O–H groups in total. The van der Waals surface area contributed by atoms with E-state index in [0.717, 1.165) is 24.4 Å². The molecule has 134 valence electrons. The first kappa shape index (κ1) is 18.4. The van der Waals surface area contributed by atoms with Gasteiger partial charge in [-0.15, -0.1) is 10.2 Å². The zero-order valence-electron chi connectivity index (χ0n) is 14.7. The Labute approximate surface area is 147 Å². The molecular weight excluding hydrogens is 318 g/mol. The summed E-state index contributed by atoms with van der Waals surface area (Å²) in [6.45, 7) is 4.12. The van der Waals surface area contributed by atoms with E-state index in [1.807, 2.05) is 41.8 Å². The molecule has 0 saturated heterocycles. The Bertz CT molecular complexity index is 681. The van der Waals surface area contributed by atoms with Crippen LogP contribution in [-0.4, -0.2) is 46.8 Å². The minimum Gasteiger partial charge on any atom is -0.355 e. The molecular formula is C17H25N7O. The number of benzene rings is 1. The number of nitrogens with zero attached hydrogens (tertiary/aromatic N) is 4. The molecule has 2 aromatic rings. The monoisotopic (exact) mass is 343 g/mol. The van der Waals surface area contributed by atoms with Gasteiger partial charge in [-0.05, 0) is 5.56 Å². The van der Waals surface area contributed by atoms with Crippen molar-refractivity contribution in [3.63, 3.8) is 0 Å². The molecule has 1 amide bonds. The van der Waals surface area contributed by atoms with Crippen LogP contribution in [0.15, 0.2) is 41.7 Å². The highest BCUT2D eigenvalue weighted by Crippen LogP contribution is 1.97. The number of amides is 1. The maximum atomic E-state index is 11.9. The third-order valence-corrected chi connectivity index (χ3v) is 3.63. The number of carbonyl (C=O) groups is 1. The maximum absolute atomic E-state index is 11.9. The van der Waals surface area contributed by atoms with Crippen LogP contribution in [-0.2, 0) is 24.3 Å². The second-order valence-corrected chi connectivity index (χ2v) is 5.41. The van der Waals surface area contributed by atoms with Gasteiger partial charge in [-0.25, -0.2) is 0 Å². The molecule has 0 aliphatic rings. The lowest BCUT2D eigenvalue weighted by Crippen LogP contribution is -2.43. The summed E-state index contributed by atoms with van der Waals surface area (Å²) in [5, 5.41) is 17.0. The highest BCUT2D eigenvalue weighted by atomic mass is 16.1. The zero-order chi connectivity index (χ0) is 17.9. The summed E-state index contributed by atoms with van der Waals surface area (Å²) in [6.07, 6.45) is 2.56. The van der Waals surface area contributed by atoms with E-state index in [-0.39, 0.29) is 12.5 Å². The second-order valence-electron chi connectivity index (χ2n) is 5.41. The smallest absolute Gasteiger partial charge is 0.239 e. The van der Waals surface area contributed by atoms with Crippen LogP contribution < -0.4 is 16.0 Å². The van der Waals surface area contributed by atoms with Crippen LogP contribution in [0, 0.1) is 0 Å². The Morgan fingerprint density at radius 3 is 2.72 bits per heavy atom. The van der Waals surface area contributed by atoms with E-state index in [1.54, 1.807) is 13.4 Å². The van der Waals surface area contributed by atoms with Gasteiger partial charge in [-0.1, -0.05) is 37.3 Å². The van der Waals surface area contributed by atoms with Crippen molar-refractivity contribution in [2.24, 2.45) is 4.99 Å². The molecule has 1 aromatic carbocycles. The van der Waals surface area contributed by atoms with E-state index >= 15 is 0 Å². The van der Waals surface area contributed by atoms with Crippen molar-refractivity contribution in [1.29, 1.82) is 0 Å². The lowest BCUT2D eigenvalue weighted by Gasteiger charge is -2.12. The summed E-state index contributed by atoms with van der Waals surface area (Å²) < 4.78 is 1.99. The van der Waals surface area contributed by atoms with Gasteiger partial charge in [-0.2, -0.15) is 0 Å². The number of nitrogens with one attached hydrogen (secondary N) is 3. The maximum Gasteiger partial charge on any atom is 0.239 e. The minimum atomic E-state index is -0.0844. The molecule has 0 saturated carbocycles. The summed E-state index contributed by atoms with van der Waals surface area (Å²) in [7, 11) is 1.67. The Hall–Kier alpha value is -2.90. The minimum absolute atomic E-state index is 0.0844. The molecule has 1 heterocycles. The van der Waals surface area contributed by atoms with Gasteiger partial charge in [0.15, 0.2) is 5.96 Å². The summed E-state index contributed by atoms with van der Waals surface area (Å²) in [5.41, 5.74) is 1.07. The first-order valence-corrected chi connectivity index (χ1v) is 8.34. The van der Waals surface area contributed by atoms with Gasteiger partial charge in [0.05, 0.1) is 6.54 Å². The van der Waals surface area contributed by atoms with Crippen molar-refractivity contribution in [2.45, 2.75) is 26.4 Å². The fraction of sp³-hybridized carbons (Fsp3) is 0.412. The van der Waals surface area contributed by atoms with Crippen molar-refractivity contribution in [1.82, 2.24) is 30.7 Å². The average molecular weight is 343 g/mol. The molecule has 0 aliphatic heterocycles. The van der Waals surface area contributed by atoms with E-state index in [1.165, 1.54) is 0 Å². The number of rotatable bonds is 8. The largest absolute Gasteiger partial charge is 0.355 e. The fourth-order valence-electron chi connectivity index (χ4n) is 2.28. The number of carbonyl (C=O) groups excluding carboxylic acids is 1. The van der Waals surface area contributed by atoms with Gasteiger partial charge >= 0.3 is 0 Å². The van der Waals surface area contributed by atoms with Crippen LogP contribution in [0.2, 0.25) is 0 Å². The van der Waals surface area contributed by atoms with Crippen LogP contribution >= 0.6 is 0 Å². The molecule has 0 unspecified atom stereocenters. The van der Waals surface area contributed by atoms with Gasteiger partial charge in [-0.3, -0.25) is 9.79 Å². The van der Waals surface area contributed by atoms with E-state index < -0.39 is 0 Å². The Balaban J connectivity index is 1.66. The van der Waals surface area contributed by atoms with Crippen LogP contribution in [0.25, 0.3) is 0 Å². The van der Waals surface area contributed by atoms with Crippen molar-refractivity contribution >= 4 is 11.9 Å². The predicted molar refractivity (Wildman–Crippen MR) is 97.1 cm³/mol. The van der Waals surface area contributed by atoms with Gasteiger partial charge in [0.1, 0.15) is 12.2 Å². The first-order chi connectivity index (χ1) is 12.2. The summed E-state index contributed by atoms with van der Waals surface area (Å²) >= 11 is 0. The molecule has 8 heteroatoms. The number of aryl methyl sites for hydroxylation is 1. The second kappa shape index (κ2) is 10.1. The molecule has 8 nitrogen and oxygen atoms in total. The average Bonchev–Trinajstić information content (AvgIpc) is 3.11. The first-order valence-electron chi connectivity index (χ1n) is 8.34. The summed E-state index contributed by atoms with van der Waals surface area (Å²) in [6, 6.07) is 9.80. The molecule has 0 aliphatic carbocycles. The number of aliphatic imine (C=N–C) groups is 1. The predicted octanol–water partition coefficient (Wildman–Crippen LogP) is 0.322. The van der Waals surface area contributed by atoms with Crippen LogP contribution in [0.4, 0.5) is 0 Å². The van der Waals surface area contributed by atoms with Crippen LogP contribution in [0.1, 0.15) is 18.3 Å². The number of hydrogen-bond acceptors (Lipinski definition) is 4. The molecule has 0 bridgehead atoms. The Morgan fingerprint density at radius 1 is 1.20 bits per heavy atom. The molecule has 0 spiro atoms. The van der Waals surface area contributed by atoms with Gasteiger partial charge < -0.3 is 20.5 Å². The summed E-state index contributed by atoms with van der Waals surface area (Å²) in [5.74, 6) is 1.45. The van der Waals surface area contributed by atoms with Crippen molar-refractivity contribution in [3.8, 4) is 0 Å². The molecule has 0 fully saturated rings. The lowest BCUT2D eigenvalue weighted by molar-refractivity contribution is -0.120. The molecule has 25 heavy (non-hydrogen) atoms. The van der Waals surface area contributed by atoms with Crippen LogP contribution in [0.5, 0.6) is 0 Å². The van der Waals surface area contributed by atoms with Crippen molar-refractivity contribution in [2.75, 3.05) is 20.1 Å². The lowest BCUT2D eigenvalue weighted by atomic mass is 10.2. The quantitative estimate of drug-likeness (QED) is 0.474. The Kier molecular flexibility index (Phi) is 7.42. The molecule has 0 atom stereocenters. The number of aromatic nitrogens is 3. The van der Waals surface area contributed by atoms with E-state index in [0.29, 0.717) is 19.0 Å². The highest BCUT2D eigenvalue weighted by Gasteiger charge is 2.05. The number of hydrogen-bond donors (Lipinski definition) is 3. The van der Waals surface area contributed by atoms with Gasteiger partial charge in [0.25, 0.3) is 0 Å². The highest BCUT2D eigenvalue weighted by molar-refractivity contribution is 5.86. The van der Waals surface area contributed by atoms with Crippen molar-refractivity contribution in [3.05, 3.63) is 48.0 Å². The SMILES string of the molecule is CCc1nncn1CCNC(=NC)NCC(=O)NCc1ccccc1. The zero-order valence-corrected chi connectivity index (χ0v) is 14.7. The third-order valence-electron chi connectivity index (χ3n) is 3.63. The molecule has 0 radical (unpaired) electrons. The molecule has 2 rings (SSSR count). The standard InChI is InChI=1S/C17H25N7O/c1-3-15-23-22-13-24(15)10-9-19-17(18-2)21-12-16(25)20-11-14-7-5-4-6-8-14/h4-8,13H,3,9-12H2,1-2H3,(H,20,25)(H2,18,19,21). The van der Waals surface area contributed by atoms with Crippen molar-refractivity contribution < 1.29 is 4.79 Å². The topological polar surface area (TPSA) is 96.2 Å². The summed E-state index contributed by atoms with van der Waals surface area (Å²) in [4.78, 5) is 16.0. The number of guanidine groups is 1. The Morgan fingerprint density at radius 2 is 2.00 bits per heavy atom. The van der Waals surface area contributed by atoms with E-state index in [4.69, 9.17) is 0 Å². The van der Waals surface area contributed by atoms with Gasteiger partial charge in [0, 0.05) is 33.1 Å². The van der Waals surface area contributed by atoms with Gasteiger partial charge in [0.2, 0.25) is 5.91 Å². The third kappa shape index (κ3) is 6.25. The van der Waals surface area contributed by atoms with E-state index in [2.05, 4.69) is 31.1 Å². The molecule has 1 aromatic heterocycles. The van der Waals surface area contributed by atoms with Crippen LogP contribution in [0.3, 0.4) is 0 Å². The van der Waals surface area contributed by atoms with E-state index in [9.17, 15) is 4.79 Å². The fourth-order valence-corrected chi connectivity index (χ4v) is 2.28.